The summed E-state index contributed by atoms with van der Waals surface area (Å²) in [6, 6.07) is 2.76. The van der Waals surface area contributed by atoms with E-state index in [-0.39, 0.29) is 11.8 Å². The summed E-state index contributed by atoms with van der Waals surface area (Å²) in [4.78, 5) is 15.5. The molecule has 1 heterocycles. The van der Waals surface area contributed by atoms with Crippen molar-refractivity contribution >= 4 is 23.3 Å². The number of rotatable bonds is 3. The highest BCUT2D eigenvalue weighted by Gasteiger charge is 2.17. The molecule has 0 saturated heterocycles. The maximum atomic E-state index is 11.5. The molecule has 82 valence electrons. The molecule has 1 atom stereocenters. The third-order valence-electron chi connectivity index (χ3n) is 2.00. The molecule has 0 spiro atoms. The molecular formula is C10H14ClN3O. The summed E-state index contributed by atoms with van der Waals surface area (Å²) in [7, 11) is 0. The predicted molar refractivity (Wildman–Crippen MR) is 60.7 cm³/mol. The molecular weight excluding hydrogens is 214 g/mol. The third-order valence-corrected chi connectivity index (χ3v) is 2.22. The molecule has 1 amide bonds. The molecule has 0 fully saturated rings. The summed E-state index contributed by atoms with van der Waals surface area (Å²) in [5.74, 6) is 0.317. The number of nitrogens with two attached hydrogens (primary N) is 1. The van der Waals surface area contributed by atoms with E-state index in [2.05, 4.69) is 10.3 Å². The van der Waals surface area contributed by atoms with Crippen LogP contribution in [-0.4, -0.2) is 16.9 Å². The van der Waals surface area contributed by atoms with Crippen LogP contribution in [0.15, 0.2) is 18.3 Å². The number of pyridine rings is 1. The molecule has 1 aromatic heterocycles. The fraction of sp³-hybridized carbons (Fsp3) is 0.400. The van der Waals surface area contributed by atoms with Gasteiger partial charge in [-0.2, -0.15) is 0 Å². The van der Waals surface area contributed by atoms with Gasteiger partial charge in [0.25, 0.3) is 0 Å². The summed E-state index contributed by atoms with van der Waals surface area (Å²) in [6.07, 6.45) is 1.47. The number of hydrogen-bond donors (Lipinski definition) is 2. The number of nitrogens with zero attached hydrogens (tertiary/aromatic N) is 1. The molecule has 0 aliphatic heterocycles. The van der Waals surface area contributed by atoms with Crippen molar-refractivity contribution in [3.05, 3.63) is 23.4 Å². The Labute approximate surface area is 93.8 Å². The Hall–Kier alpha value is -1.13. The molecule has 0 radical (unpaired) electrons. The summed E-state index contributed by atoms with van der Waals surface area (Å²) < 4.78 is 0. The van der Waals surface area contributed by atoms with Gasteiger partial charge in [-0.1, -0.05) is 25.4 Å². The molecule has 4 nitrogen and oxygen atoms in total. The molecule has 3 N–H and O–H groups in total. The Morgan fingerprint density at radius 2 is 2.20 bits per heavy atom. The molecule has 5 heteroatoms. The predicted octanol–water partition coefficient (Wildman–Crippen LogP) is 1.66. The Morgan fingerprint density at radius 1 is 1.53 bits per heavy atom. The topological polar surface area (TPSA) is 68.0 Å². The van der Waals surface area contributed by atoms with E-state index in [0.717, 1.165) is 0 Å². The van der Waals surface area contributed by atoms with E-state index in [9.17, 15) is 4.79 Å². The fourth-order valence-corrected chi connectivity index (χ4v) is 1.07. The minimum absolute atomic E-state index is 0.0947. The number of aromatic nitrogens is 1. The quantitative estimate of drug-likeness (QED) is 0.825. The maximum absolute atomic E-state index is 11.5. The summed E-state index contributed by atoms with van der Waals surface area (Å²) in [6.45, 7) is 3.78. The number of anilines is 1. The molecule has 1 rings (SSSR count). The van der Waals surface area contributed by atoms with Crippen LogP contribution >= 0.6 is 11.6 Å². The van der Waals surface area contributed by atoms with Crippen molar-refractivity contribution in [2.24, 2.45) is 11.7 Å². The molecule has 1 aromatic rings. The van der Waals surface area contributed by atoms with Gasteiger partial charge >= 0.3 is 0 Å². The van der Waals surface area contributed by atoms with E-state index in [4.69, 9.17) is 17.3 Å². The first-order valence-corrected chi connectivity index (χ1v) is 5.06. The summed E-state index contributed by atoms with van der Waals surface area (Å²) in [5.41, 5.74) is 5.67. The standard InChI is InChI=1S/C10H14ClN3O/c1-6(2)9(12)10(15)14-8-4-3-7(11)5-13-8/h3-6,9H,12H2,1-2H3,(H,13,14,15). The van der Waals surface area contributed by atoms with E-state index >= 15 is 0 Å². The van der Waals surface area contributed by atoms with Gasteiger partial charge < -0.3 is 11.1 Å². The monoisotopic (exact) mass is 227 g/mol. The van der Waals surface area contributed by atoms with Crippen LogP contribution in [0.3, 0.4) is 0 Å². The zero-order valence-electron chi connectivity index (χ0n) is 8.70. The second-order valence-electron chi connectivity index (χ2n) is 3.62. The van der Waals surface area contributed by atoms with Crippen molar-refractivity contribution in [3.8, 4) is 0 Å². The minimum Gasteiger partial charge on any atom is -0.320 e. The Morgan fingerprint density at radius 3 is 2.67 bits per heavy atom. The van der Waals surface area contributed by atoms with Gasteiger partial charge in [-0.05, 0) is 18.1 Å². The highest BCUT2D eigenvalue weighted by Crippen LogP contribution is 2.10. The van der Waals surface area contributed by atoms with Crippen LogP contribution in [0, 0.1) is 5.92 Å². The largest absolute Gasteiger partial charge is 0.320 e. The van der Waals surface area contributed by atoms with Gasteiger partial charge in [0.15, 0.2) is 0 Å². The van der Waals surface area contributed by atoms with E-state index in [1.54, 1.807) is 12.1 Å². The molecule has 0 aliphatic rings. The van der Waals surface area contributed by atoms with Crippen LogP contribution in [0.2, 0.25) is 5.02 Å². The Kier molecular flexibility index (Phi) is 4.05. The number of nitrogens with one attached hydrogen (secondary N) is 1. The molecule has 15 heavy (non-hydrogen) atoms. The van der Waals surface area contributed by atoms with Crippen LogP contribution in [0.1, 0.15) is 13.8 Å². The lowest BCUT2D eigenvalue weighted by atomic mass is 10.1. The second kappa shape index (κ2) is 5.09. The third kappa shape index (κ3) is 3.49. The molecule has 0 aliphatic carbocycles. The molecule has 1 unspecified atom stereocenters. The highest BCUT2D eigenvalue weighted by molar-refractivity contribution is 6.30. The van der Waals surface area contributed by atoms with E-state index in [1.807, 2.05) is 13.8 Å². The average Bonchev–Trinajstić information content (AvgIpc) is 2.20. The van der Waals surface area contributed by atoms with E-state index in [0.29, 0.717) is 10.8 Å². The van der Waals surface area contributed by atoms with Gasteiger partial charge in [-0.15, -0.1) is 0 Å². The van der Waals surface area contributed by atoms with Crippen LogP contribution in [0.25, 0.3) is 0 Å². The lowest BCUT2D eigenvalue weighted by molar-refractivity contribution is -0.118. The number of halogens is 1. The van der Waals surface area contributed by atoms with Gasteiger partial charge in [0.05, 0.1) is 11.1 Å². The molecule has 0 saturated carbocycles. The number of amides is 1. The maximum Gasteiger partial charge on any atom is 0.242 e. The molecule has 0 aromatic carbocycles. The number of carbonyl (C=O) groups is 1. The average molecular weight is 228 g/mol. The minimum atomic E-state index is -0.525. The number of hydrogen-bond acceptors (Lipinski definition) is 3. The number of carbonyl (C=O) groups excluding carboxylic acids is 1. The SMILES string of the molecule is CC(C)C(N)C(=O)Nc1ccc(Cl)cn1. The van der Waals surface area contributed by atoms with Crippen molar-refractivity contribution < 1.29 is 4.79 Å². The van der Waals surface area contributed by atoms with Crippen molar-refractivity contribution in [3.63, 3.8) is 0 Å². The van der Waals surface area contributed by atoms with Gasteiger partial charge in [0, 0.05) is 6.20 Å². The molecule has 0 bridgehead atoms. The normalized spacial score (nSPS) is 12.6. The van der Waals surface area contributed by atoms with Gasteiger partial charge in [0.1, 0.15) is 5.82 Å². The van der Waals surface area contributed by atoms with E-state index in [1.165, 1.54) is 6.20 Å². The zero-order valence-corrected chi connectivity index (χ0v) is 9.45. The summed E-state index contributed by atoms with van der Waals surface area (Å²) >= 11 is 5.66. The first kappa shape index (κ1) is 11.9. The van der Waals surface area contributed by atoms with Crippen molar-refractivity contribution in [2.45, 2.75) is 19.9 Å². The Balaban J connectivity index is 2.62. The van der Waals surface area contributed by atoms with Gasteiger partial charge in [-0.25, -0.2) is 4.98 Å². The lowest BCUT2D eigenvalue weighted by Crippen LogP contribution is -2.39. The van der Waals surface area contributed by atoms with Crippen molar-refractivity contribution in [1.82, 2.24) is 4.98 Å². The highest BCUT2D eigenvalue weighted by atomic mass is 35.5. The first-order valence-electron chi connectivity index (χ1n) is 4.68. The fourth-order valence-electron chi connectivity index (χ4n) is 0.962. The van der Waals surface area contributed by atoms with Crippen molar-refractivity contribution in [1.29, 1.82) is 0 Å². The summed E-state index contributed by atoms with van der Waals surface area (Å²) in [5, 5.41) is 3.15. The zero-order chi connectivity index (χ0) is 11.4. The van der Waals surface area contributed by atoms with Crippen molar-refractivity contribution in [2.75, 3.05) is 5.32 Å². The van der Waals surface area contributed by atoms with Crippen LogP contribution in [0.5, 0.6) is 0 Å². The van der Waals surface area contributed by atoms with Gasteiger partial charge in [0.2, 0.25) is 5.91 Å². The van der Waals surface area contributed by atoms with E-state index < -0.39 is 6.04 Å². The first-order chi connectivity index (χ1) is 7.00. The second-order valence-corrected chi connectivity index (χ2v) is 4.06. The van der Waals surface area contributed by atoms with Crippen LogP contribution in [-0.2, 0) is 4.79 Å². The van der Waals surface area contributed by atoms with Gasteiger partial charge in [-0.3, -0.25) is 4.79 Å². The van der Waals surface area contributed by atoms with Crippen LogP contribution < -0.4 is 11.1 Å². The van der Waals surface area contributed by atoms with Crippen LogP contribution in [0.4, 0.5) is 5.82 Å². The Bertz CT molecular complexity index is 337. The lowest BCUT2D eigenvalue weighted by Gasteiger charge is -2.14. The smallest absolute Gasteiger partial charge is 0.242 e.